The number of nitro groups is 1. The van der Waals surface area contributed by atoms with Crippen LogP contribution in [0.2, 0.25) is 0 Å². The van der Waals surface area contributed by atoms with E-state index in [9.17, 15) is 20.0 Å². The van der Waals surface area contributed by atoms with E-state index in [-0.39, 0.29) is 17.9 Å². The standard InChI is InChI=1S/C10H11NO6/c1-3-17-9-6(10(13)16-2)4-5-7(8(9)12)11(14)15/h4-5,12H,3H2,1-2H3. The number of esters is 1. The molecule has 7 nitrogen and oxygen atoms in total. The lowest BCUT2D eigenvalue weighted by atomic mass is 10.1. The van der Waals surface area contributed by atoms with E-state index in [1.807, 2.05) is 0 Å². The first kappa shape index (κ1) is 12.8. The molecular formula is C10H11NO6. The van der Waals surface area contributed by atoms with Crippen LogP contribution in [-0.2, 0) is 4.74 Å². The highest BCUT2D eigenvalue weighted by Gasteiger charge is 2.25. The molecule has 0 unspecified atom stereocenters. The molecule has 1 rings (SSSR count). The number of methoxy groups -OCH3 is 1. The molecule has 92 valence electrons. The molecule has 0 spiro atoms. The number of nitro benzene ring substituents is 1. The van der Waals surface area contributed by atoms with E-state index in [2.05, 4.69) is 4.74 Å². The number of aromatic hydroxyl groups is 1. The van der Waals surface area contributed by atoms with Crippen LogP contribution < -0.4 is 4.74 Å². The van der Waals surface area contributed by atoms with Crippen molar-refractivity contribution in [2.24, 2.45) is 0 Å². The maximum atomic E-state index is 11.4. The molecule has 1 aromatic rings. The minimum atomic E-state index is -0.765. The van der Waals surface area contributed by atoms with E-state index in [0.29, 0.717) is 0 Å². The van der Waals surface area contributed by atoms with Gasteiger partial charge in [0.1, 0.15) is 5.56 Å². The highest BCUT2D eigenvalue weighted by atomic mass is 16.6. The van der Waals surface area contributed by atoms with Crippen molar-refractivity contribution in [3.8, 4) is 11.5 Å². The largest absolute Gasteiger partial charge is 0.499 e. The number of benzene rings is 1. The molecule has 0 aliphatic carbocycles. The molecule has 0 aliphatic rings. The van der Waals surface area contributed by atoms with Gasteiger partial charge in [0.2, 0.25) is 5.75 Å². The third kappa shape index (κ3) is 2.44. The average molecular weight is 241 g/mol. The van der Waals surface area contributed by atoms with Gasteiger partial charge in [-0.2, -0.15) is 0 Å². The monoisotopic (exact) mass is 241 g/mol. The summed E-state index contributed by atoms with van der Waals surface area (Å²) < 4.78 is 9.50. The topological polar surface area (TPSA) is 98.9 Å². The zero-order valence-corrected chi connectivity index (χ0v) is 9.30. The molecule has 0 amide bonds. The van der Waals surface area contributed by atoms with E-state index in [1.165, 1.54) is 6.07 Å². The van der Waals surface area contributed by atoms with Gasteiger partial charge < -0.3 is 14.6 Å². The number of nitrogens with zero attached hydrogens (tertiary/aromatic N) is 1. The van der Waals surface area contributed by atoms with Crippen molar-refractivity contribution < 1.29 is 24.3 Å². The molecular weight excluding hydrogens is 230 g/mol. The van der Waals surface area contributed by atoms with Crippen LogP contribution >= 0.6 is 0 Å². The van der Waals surface area contributed by atoms with Crippen LogP contribution in [0.25, 0.3) is 0 Å². The van der Waals surface area contributed by atoms with Gasteiger partial charge in [-0.25, -0.2) is 4.79 Å². The molecule has 1 N–H and O–H groups in total. The van der Waals surface area contributed by atoms with Crippen LogP contribution in [0.1, 0.15) is 17.3 Å². The third-order valence-corrected chi connectivity index (χ3v) is 2.00. The van der Waals surface area contributed by atoms with Gasteiger partial charge in [0.25, 0.3) is 0 Å². The molecule has 17 heavy (non-hydrogen) atoms. The Morgan fingerprint density at radius 3 is 2.65 bits per heavy atom. The minimum Gasteiger partial charge on any atom is -0.499 e. The van der Waals surface area contributed by atoms with Gasteiger partial charge >= 0.3 is 11.7 Å². The van der Waals surface area contributed by atoms with Gasteiger partial charge in [0.15, 0.2) is 5.75 Å². The molecule has 0 aliphatic heterocycles. The number of phenols is 1. The maximum absolute atomic E-state index is 11.4. The van der Waals surface area contributed by atoms with E-state index < -0.39 is 22.3 Å². The van der Waals surface area contributed by atoms with Crippen LogP contribution in [0.4, 0.5) is 5.69 Å². The number of hydrogen-bond acceptors (Lipinski definition) is 6. The Bertz CT molecular complexity index is 456. The number of phenolic OH excluding ortho intramolecular Hbond substituents is 1. The first-order valence-electron chi connectivity index (χ1n) is 4.74. The highest BCUT2D eigenvalue weighted by molar-refractivity contribution is 5.94. The third-order valence-electron chi connectivity index (χ3n) is 2.00. The summed E-state index contributed by atoms with van der Waals surface area (Å²) in [5.74, 6) is -1.66. The number of hydrogen-bond donors (Lipinski definition) is 1. The summed E-state index contributed by atoms with van der Waals surface area (Å²) in [5, 5.41) is 20.2. The summed E-state index contributed by atoms with van der Waals surface area (Å²) in [4.78, 5) is 21.2. The molecule has 0 radical (unpaired) electrons. The van der Waals surface area contributed by atoms with Gasteiger partial charge in [0.05, 0.1) is 18.6 Å². The zero-order chi connectivity index (χ0) is 13.0. The van der Waals surface area contributed by atoms with Crippen molar-refractivity contribution in [3.05, 3.63) is 27.8 Å². The smallest absolute Gasteiger partial charge is 0.341 e. The summed E-state index contributed by atoms with van der Waals surface area (Å²) in [5.41, 5.74) is -0.585. The Hall–Kier alpha value is -2.31. The minimum absolute atomic E-state index is 0.0579. The first-order chi connectivity index (χ1) is 8.02. The Labute approximate surface area is 96.7 Å². The Morgan fingerprint density at radius 1 is 1.53 bits per heavy atom. The molecule has 0 atom stereocenters. The molecule has 0 heterocycles. The number of carbonyl (C=O) groups is 1. The number of ether oxygens (including phenoxy) is 2. The molecule has 0 bridgehead atoms. The van der Waals surface area contributed by atoms with Crippen LogP contribution in [0.5, 0.6) is 11.5 Å². The average Bonchev–Trinajstić information content (AvgIpc) is 2.30. The summed E-state index contributed by atoms with van der Waals surface area (Å²) in [7, 11) is 1.16. The lowest BCUT2D eigenvalue weighted by Gasteiger charge is -2.10. The molecule has 0 aromatic heterocycles. The SMILES string of the molecule is CCOc1c(C(=O)OC)ccc([N+](=O)[O-])c1O. The van der Waals surface area contributed by atoms with Gasteiger partial charge in [-0.15, -0.1) is 0 Å². The van der Waals surface area contributed by atoms with Crippen LogP contribution in [0.3, 0.4) is 0 Å². The van der Waals surface area contributed by atoms with Crippen molar-refractivity contribution in [2.45, 2.75) is 6.92 Å². The summed E-state index contributed by atoms with van der Waals surface area (Å²) in [6, 6.07) is 2.19. The normalized spacial score (nSPS) is 9.76. The van der Waals surface area contributed by atoms with Gasteiger partial charge in [-0.1, -0.05) is 0 Å². The van der Waals surface area contributed by atoms with Crippen LogP contribution in [0.15, 0.2) is 12.1 Å². The van der Waals surface area contributed by atoms with Gasteiger partial charge in [-0.3, -0.25) is 10.1 Å². The lowest BCUT2D eigenvalue weighted by molar-refractivity contribution is -0.386. The van der Waals surface area contributed by atoms with Crippen molar-refractivity contribution in [3.63, 3.8) is 0 Å². The van der Waals surface area contributed by atoms with E-state index in [0.717, 1.165) is 13.2 Å². The first-order valence-corrected chi connectivity index (χ1v) is 4.74. The van der Waals surface area contributed by atoms with Crippen molar-refractivity contribution in [2.75, 3.05) is 13.7 Å². The van der Waals surface area contributed by atoms with Crippen molar-refractivity contribution >= 4 is 11.7 Å². The summed E-state index contributed by atoms with van der Waals surface area (Å²) in [6.45, 7) is 1.78. The Morgan fingerprint density at radius 2 is 2.18 bits per heavy atom. The Balaban J connectivity index is 3.38. The van der Waals surface area contributed by atoms with E-state index in [4.69, 9.17) is 4.74 Å². The van der Waals surface area contributed by atoms with Gasteiger partial charge in [-0.05, 0) is 13.0 Å². The van der Waals surface area contributed by atoms with E-state index >= 15 is 0 Å². The number of rotatable bonds is 4. The molecule has 0 saturated carbocycles. The van der Waals surface area contributed by atoms with E-state index in [1.54, 1.807) is 6.92 Å². The Kier molecular flexibility index (Phi) is 3.86. The lowest BCUT2D eigenvalue weighted by Crippen LogP contribution is -2.06. The number of carbonyl (C=O) groups excluding carboxylic acids is 1. The van der Waals surface area contributed by atoms with Crippen molar-refractivity contribution in [1.29, 1.82) is 0 Å². The fourth-order valence-corrected chi connectivity index (χ4v) is 1.27. The van der Waals surface area contributed by atoms with Crippen LogP contribution in [0, 0.1) is 10.1 Å². The second-order valence-electron chi connectivity index (χ2n) is 2.99. The fourth-order valence-electron chi connectivity index (χ4n) is 1.27. The molecule has 0 fully saturated rings. The predicted molar refractivity (Wildman–Crippen MR) is 57.3 cm³/mol. The molecule has 1 aromatic carbocycles. The molecule has 7 heteroatoms. The van der Waals surface area contributed by atoms with Crippen molar-refractivity contribution in [1.82, 2.24) is 0 Å². The second-order valence-corrected chi connectivity index (χ2v) is 2.99. The fraction of sp³-hybridized carbons (Fsp3) is 0.300. The van der Waals surface area contributed by atoms with Gasteiger partial charge in [0, 0.05) is 6.07 Å². The maximum Gasteiger partial charge on any atom is 0.341 e. The summed E-state index contributed by atoms with van der Waals surface area (Å²) >= 11 is 0. The quantitative estimate of drug-likeness (QED) is 0.487. The molecule has 0 saturated heterocycles. The zero-order valence-electron chi connectivity index (χ0n) is 9.30. The van der Waals surface area contributed by atoms with Crippen LogP contribution in [-0.4, -0.2) is 29.7 Å². The second kappa shape index (κ2) is 5.15. The highest BCUT2D eigenvalue weighted by Crippen LogP contribution is 2.38. The summed E-state index contributed by atoms with van der Waals surface area (Å²) in [6.07, 6.45) is 0. The predicted octanol–water partition coefficient (Wildman–Crippen LogP) is 1.49.